The number of rotatable bonds is 3. The van der Waals surface area contributed by atoms with E-state index < -0.39 is 6.61 Å². The summed E-state index contributed by atoms with van der Waals surface area (Å²) in [7, 11) is 0. The van der Waals surface area contributed by atoms with Crippen molar-refractivity contribution < 1.29 is 13.5 Å². The van der Waals surface area contributed by atoms with Gasteiger partial charge in [-0.2, -0.15) is 14.0 Å². The second-order valence-corrected chi connectivity index (χ2v) is 2.97. The molecule has 0 atom stereocenters. The number of ether oxygens (including phenoxy) is 1. The molecule has 5 heteroatoms. The first-order chi connectivity index (χ1) is 6.69. The van der Waals surface area contributed by atoms with Crippen LogP contribution in [0.5, 0.6) is 5.75 Å². The lowest BCUT2D eigenvalue weighted by Gasteiger charge is -2.08. The van der Waals surface area contributed by atoms with E-state index in [-0.39, 0.29) is 11.3 Å². The molecule has 0 aliphatic heterocycles. The van der Waals surface area contributed by atoms with Gasteiger partial charge in [0.15, 0.2) is 0 Å². The van der Waals surface area contributed by atoms with Crippen molar-refractivity contribution in [2.24, 2.45) is 0 Å². The van der Waals surface area contributed by atoms with Crippen LogP contribution in [0.15, 0.2) is 18.2 Å². The summed E-state index contributed by atoms with van der Waals surface area (Å²) in [6.45, 7) is -2.91. The average molecular weight is 262 g/mol. The standard InChI is InChI=1S/C9H6BrF2NO/c10-4-6-2-1-3-8(7(6)5-13)14-9(11)12/h1-3,9H,4H2. The zero-order valence-electron chi connectivity index (χ0n) is 7.01. The number of benzene rings is 1. The van der Waals surface area contributed by atoms with Gasteiger partial charge in [0.05, 0.1) is 5.56 Å². The summed E-state index contributed by atoms with van der Waals surface area (Å²) in [4.78, 5) is 0. The van der Waals surface area contributed by atoms with E-state index in [0.29, 0.717) is 10.9 Å². The van der Waals surface area contributed by atoms with Crippen LogP contribution in [0.25, 0.3) is 0 Å². The maximum Gasteiger partial charge on any atom is 0.387 e. The van der Waals surface area contributed by atoms with Crippen molar-refractivity contribution in [2.45, 2.75) is 11.9 Å². The van der Waals surface area contributed by atoms with Gasteiger partial charge < -0.3 is 4.74 Å². The van der Waals surface area contributed by atoms with Gasteiger partial charge in [0, 0.05) is 5.33 Å². The minimum absolute atomic E-state index is 0.0838. The number of nitrogens with zero attached hydrogens (tertiary/aromatic N) is 1. The molecule has 0 aliphatic carbocycles. The fourth-order valence-corrected chi connectivity index (χ4v) is 1.48. The third-order valence-electron chi connectivity index (χ3n) is 1.58. The molecule has 1 rings (SSSR count). The molecule has 1 aromatic carbocycles. The quantitative estimate of drug-likeness (QED) is 0.784. The molecule has 0 saturated heterocycles. The van der Waals surface area contributed by atoms with Gasteiger partial charge in [-0.3, -0.25) is 0 Å². The Kier molecular flexibility index (Phi) is 3.84. The van der Waals surface area contributed by atoms with Gasteiger partial charge in [0.25, 0.3) is 0 Å². The third-order valence-corrected chi connectivity index (χ3v) is 2.19. The van der Waals surface area contributed by atoms with Gasteiger partial charge in [-0.15, -0.1) is 0 Å². The SMILES string of the molecule is N#Cc1c(CBr)cccc1OC(F)F. The van der Waals surface area contributed by atoms with Gasteiger partial charge in [-0.05, 0) is 11.6 Å². The van der Waals surface area contributed by atoms with Gasteiger partial charge in [0.2, 0.25) is 0 Å². The van der Waals surface area contributed by atoms with Crippen LogP contribution in [0.3, 0.4) is 0 Å². The van der Waals surface area contributed by atoms with Crippen molar-refractivity contribution in [3.05, 3.63) is 29.3 Å². The van der Waals surface area contributed by atoms with Crippen molar-refractivity contribution in [3.63, 3.8) is 0 Å². The first kappa shape index (κ1) is 10.9. The molecule has 0 heterocycles. The minimum atomic E-state index is -2.91. The van der Waals surface area contributed by atoms with Crippen LogP contribution >= 0.6 is 15.9 Å². The summed E-state index contributed by atoms with van der Waals surface area (Å²) in [5.41, 5.74) is 0.773. The van der Waals surface area contributed by atoms with Crippen molar-refractivity contribution in [1.29, 1.82) is 5.26 Å². The molecule has 0 aliphatic rings. The topological polar surface area (TPSA) is 33.0 Å². The molecule has 0 saturated carbocycles. The van der Waals surface area contributed by atoms with Crippen LogP contribution in [-0.4, -0.2) is 6.61 Å². The largest absolute Gasteiger partial charge is 0.433 e. The van der Waals surface area contributed by atoms with Crippen LogP contribution in [0.4, 0.5) is 8.78 Å². The van der Waals surface area contributed by atoms with Crippen LogP contribution in [0, 0.1) is 11.3 Å². The fourth-order valence-electron chi connectivity index (χ4n) is 1.01. The average Bonchev–Trinajstić information content (AvgIpc) is 2.16. The normalized spacial score (nSPS) is 9.93. The molecule has 0 fully saturated rings. The summed E-state index contributed by atoms with van der Waals surface area (Å²) in [5, 5.41) is 9.17. The van der Waals surface area contributed by atoms with Crippen LogP contribution < -0.4 is 4.74 Å². The molecular weight excluding hydrogens is 256 g/mol. The van der Waals surface area contributed by atoms with E-state index in [1.54, 1.807) is 12.1 Å². The van der Waals surface area contributed by atoms with Crippen LogP contribution in [0.2, 0.25) is 0 Å². The number of hydrogen-bond acceptors (Lipinski definition) is 2. The molecule has 0 unspecified atom stereocenters. The number of nitriles is 1. The second kappa shape index (κ2) is 4.91. The number of alkyl halides is 3. The molecule has 0 radical (unpaired) electrons. The monoisotopic (exact) mass is 261 g/mol. The van der Waals surface area contributed by atoms with Gasteiger partial charge in [-0.25, -0.2) is 0 Å². The van der Waals surface area contributed by atoms with Gasteiger partial charge >= 0.3 is 6.61 Å². The summed E-state index contributed by atoms with van der Waals surface area (Å²) in [6.07, 6.45) is 0. The Hall–Kier alpha value is -1.15. The lowest BCUT2D eigenvalue weighted by molar-refractivity contribution is -0.0500. The number of halogens is 3. The smallest absolute Gasteiger partial charge is 0.387 e. The molecule has 0 aromatic heterocycles. The molecular formula is C9H6BrF2NO. The predicted molar refractivity (Wildman–Crippen MR) is 50.4 cm³/mol. The molecule has 1 aromatic rings. The Bertz CT molecular complexity index is 362. The summed E-state index contributed by atoms with van der Waals surface area (Å²) in [5.74, 6) is -0.0838. The van der Waals surface area contributed by atoms with E-state index >= 15 is 0 Å². The van der Waals surface area contributed by atoms with E-state index in [1.165, 1.54) is 6.07 Å². The maximum absolute atomic E-state index is 11.9. The fraction of sp³-hybridized carbons (Fsp3) is 0.222. The van der Waals surface area contributed by atoms with Crippen LogP contribution in [0.1, 0.15) is 11.1 Å². The predicted octanol–water partition coefficient (Wildman–Crippen LogP) is 3.05. The van der Waals surface area contributed by atoms with Gasteiger partial charge in [0.1, 0.15) is 11.8 Å². The summed E-state index contributed by atoms with van der Waals surface area (Å²) < 4.78 is 28.1. The van der Waals surface area contributed by atoms with E-state index in [4.69, 9.17) is 5.26 Å². The van der Waals surface area contributed by atoms with Crippen LogP contribution in [-0.2, 0) is 5.33 Å². The summed E-state index contributed by atoms with van der Waals surface area (Å²) in [6, 6.07) is 6.41. The van der Waals surface area contributed by atoms with Crippen molar-refractivity contribution >= 4 is 15.9 Å². The number of hydrogen-bond donors (Lipinski definition) is 0. The Morgan fingerprint density at radius 3 is 2.71 bits per heavy atom. The highest BCUT2D eigenvalue weighted by Gasteiger charge is 2.11. The molecule has 14 heavy (non-hydrogen) atoms. The molecule has 0 bridgehead atoms. The Morgan fingerprint density at radius 2 is 2.21 bits per heavy atom. The highest BCUT2D eigenvalue weighted by atomic mass is 79.9. The molecule has 0 N–H and O–H groups in total. The zero-order valence-corrected chi connectivity index (χ0v) is 8.59. The lowest BCUT2D eigenvalue weighted by atomic mass is 10.1. The van der Waals surface area contributed by atoms with Gasteiger partial charge in [-0.1, -0.05) is 28.1 Å². The second-order valence-electron chi connectivity index (χ2n) is 2.41. The molecule has 74 valence electrons. The first-order valence-corrected chi connectivity index (χ1v) is 4.84. The highest BCUT2D eigenvalue weighted by molar-refractivity contribution is 9.08. The highest BCUT2D eigenvalue weighted by Crippen LogP contribution is 2.24. The van der Waals surface area contributed by atoms with E-state index in [9.17, 15) is 8.78 Å². The Balaban J connectivity index is 3.10. The first-order valence-electron chi connectivity index (χ1n) is 3.71. The molecule has 0 amide bonds. The summed E-state index contributed by atoms with van der Waals surface area (Å²) >= 11 is 3.16. The van der Waals surface area contributed by atoms with Crippen molar-refractivity contribution in [1.82, 2.24) is 0 Å². The Labute approximate surface area is 88.2 Å². The maximum atomic E-state index is 11.9. The minimum Gasteiger partial charge on any atom is -0.433 e. The third kappa shape index (κ3) is 2.42. The Morgan fingerprint density at radius 1 is 1.50 bits per heavy atom. The molecule has 0 spiro atoms. The van der Waals surface area contributed by atoms with E-state index in [2.05, 4.69) is 20.7 Å². The van der Waals surface area contributed by atoms with Crippen molar-refractivity contribution in [3.8, 4) is 11.8 Å². The van der Waals surface area contributed by atoms with E-state index in [1.807, 2.05) is 6.07 Å². The molecule has 2 nitrogen and oxygen atoms in total. The van der Waals surface area contributed by atoms with E-state index in [0.717, 1.165) is 0 Å². The van der Waals surface area contributed by atoms with Crippen molar-refractivity contribution in [2.75, 3.05) is 0 Å². The lowest BCUT2D eigenvalue weighted by Crippen LogP contribution is -2.04. The zero-order chi connectivity index (χ0) is 10.6.